The topological polar surface area (TPSA) is 155 Å². The molecule has 0 aromatic heterocycles. The molecule has 13 heteroatoms. The van der Waals surface area contributed by atoms with Crippen LogP contribution in [0.1, 0.15) is 54.3 Å². The molecule has 6 aliphatic rings. The van der Waals surface area contributed by atoms with Crippen molar-refractivity contribution in [3.63, 3.8) is 0 Å². The normalized spacial score (nSPS) is 22.4. The van der Waals surface area contributed by atoms with E-state index in [9.17, 15) is 19.2 Å². The number of dihydropyridines is 2. The van der Waals surface area contributed by atoms with Gasteiger partial charge in [-0.05, 0) is 105 Å². The van der Waals surface area contributed by atoms with Gasteiger partial charge in [-0.1, -0.05) is 36.4 Å². The highest BCUT2D eigenvalue weighted by atomic mass is 79.9. The SMILES string of the molecule is NC1=CC(Br)=CNC1C1=CCNCC1.O=C1OC(=O)c2ccccc21.O=C1c2ccccc2C(=O)N1C1=CC(Br)=CNC1C1=CCNCC1. The Morgan fingerprint density at radius 2 is 1.14 bits per heavy atom. The van der Waals surface area contributed by atoms with Crippen LogP contribution in [0.25, 0.3) is 0 Å². The number of esters is 2. The second-order valence-corrected chi connectivity index (χ2v) is 13.5. The number of hydrogen-bond donors (Lipinski definition) is 5. The molecule has 6 heterocycles. The van der Waals surface area contributed by atoms with Gasteiger partial charge in [0.05, 0.1) is 40.0 Å². The lowest BCUT2D eigenvalue weighted by Gasteiger charge is -2.32. The highest BCUT2D eigenvalue weighted by Crippen LogP contribution is 2.33. The predicted octanol–water partition coefficient (Wildman–Crippen LogP) is 4.25. The monoisotopic (exact) mass is 788 g/mol. The van der Waals surface area contributed by atoms with E-state index in [0.717, 1.165) is 53.7 Å². The summed E-state index contributed by atoms with van der Waals surface area (Å²) in [6.45, 7) is 3.69. The van der Waals surface area contributed by atoms with Crippen molar-refractivity contribution in [2.45, 2.75) is 24.9 Å². The van der Waals surface area contributed by atoms with Crippen LogP contribution in [0, 0.1) is 0 Å². The van der Waals surface area contributed by atoms with E-state index in [1.807, 2.05) is 24.6 Å². The molecular weight excluding hydrogens is 756 g/mol. The van der Waals surface area contributed by atoms with Gasteiger partial charge in [-0.15, -0.1) is 0 Å². The third-order valence-electron chi connectivity index (χ3n) is 8.54. The van der Waals surface area contributed by atoms with E-state index in [-0.39, 0.29) is 23.9 Å². The highest BCUT2D eigenvalue weighted by Gasteiger charge is 2.41. The van der Waals surface area contributed by atoms with Crippen molar-refractivity contribution in [1.29, 1.82) is 0 Å². The van der Waals surface area contributed by atoms with Crippen LogP contribution in [0.5, 0.6) is 0 Å². The van der Waals surface area contributed by atoms with Gasteiger partial charge >= 0.3 is 11.9 Å². The van der Waals surface area contributed by atoms with Crippen molar-refractivity contribution >= 4 is 55.6 Å². The molecule has 6 N–H and O–H groups in total. The number of cyclic esters (lactones) is 2. The van der Waals surface area contributed by atoms with Gasteiger partial charge in [0, 0.05) is 40.2 Å². The van der Waals surface area contributed by atoms with Crippen LogP contribution < -0.4 is 27.0 Å². The van der Waals surface area contributed by atoms with Crippen LogP contribution in [0.15, 0.2) is 117 Å². The first-order chi connectivity index (χ1) is 23.7. The molecule has 0 saturated carbocycles. The van der Waals surface area contributed by atoms with Crippen LogP contribution in [0.3, 0.4) is 0 Å². The number of imide groups is 1. The lowest BCUT2D eigenvalue weighted by Crippen LogP contribution is -2.43. The smallest absolute Gasteiger partial charge is 0.346 e. The van der Waals surface area contributed by atoms with Gasteiger partial charge in [-0.25, -0.2) is 14.5 Å². The standard InChI is InChI=1S/C18H16BrN3O2.C10H14BrN3.C8H4O3/c19-12-9-15(16(21-10-12)11-5-7-20-8-6-11)22-17(23)13-3-1-2-4-14(13)18(22)24;11-8-5-9(12)10(14-6-8)7-1-3-13-4-2-7;9-7-5-3-1-2-4-6(5)8(10)11-7/h1-5,9-10,16,20-21H,6-8H2;1,5-6,10,13-14H,2-4,12H2;1-4H. The van der Waals surface area contributed by atoms with E-state index < -0.39 is 11.9 Å². The van der Waals surface area contributed by atoms with Gasteiger partial charge in [0.25, 0.3) is 11.8 Å². The predicted molar refractivity (Wildman–Crippen MR) is 192 cm³/mol. The van der Waals surface area contributed by atoms with Gasteiger partial charge < -0.3 is 31.7 Å². The minimum absolute atomic E-state index is 0.171. The number of allylic oxidation sites excluding steroid dienone is 4. The fourth-order valence-corrected chi connectivity index (χ4v) is 6.89. The molecule has 0 saturated heterocycles. The quantitative estimate of drug-likeness (QED) is 0.132. The second kappa shape index (κ2) is 15.3. The Labute approximate surface area is 300 Å². The van der Waals surface area contributed by atoms with Crippen LogP contribution in [-0.4, -0.2) is 66.9 Å². The number of nitrogens with one attached hydrogen (secondary N) is 4. The number of rotatable bonds is 3. The molecular formula is C36H34Br2N6O5. The Bertz CT molecular complexity index is 1830. The Morgan fingerprint density at radius 3 is 1.63 bits per heavy atom. The molecule has 2 atom stereocenters. The van der Waals surface area contributed by atoms with Gasteiger partial charge in [-0.3, -0.25) is 9.59 Å². The minimum Gasteiger partial charge on any atom is -0.400 e. The zero-order chi connectivity index (χ0) is 34.5. The number of carbonyl (C=O) groups excluding carboxylic acids is 4. The summed E-state index contributed by atoms with van der Waals surface area (Å²) in [5.74, 6) is -1.62. The summed E-state index contributed by atoms with van der Waals surface area (Å²) in [4.78, 5) is 48.6. The Morgan fingerprint density at radius 1 is 0.673 bits per heavy atom. The summed E-state index contributed by atoms with van der Waals surface area (Å²) in [6.07, 6.45) is 13.9. The van der Waals surface area contributed by atoms with Gasteiger partial charge in [0.1, 0.15) is 0 Å². The summed E-state index contributed by atoms with van der Waals surface area (Å²) >= 11 is 6.83. The van der Waals surface area contributed by atoms with Crippen molar-refractivity contribution in [3.05, 3.63) is 139 Å². The maximum absolute atomic E-state index is 12.8. The average molecular weight is 791 g/mol. The molecule has 6 aliphatic heterocycles. The number of benzene rings is 2. The molecule has 0 bridgehead atoms. The van der Waals surface area contributed by atoms with Crippen LogP contribution >= 0.6 is 31.9 Å². The first kappa shape index (κ1) is 34.3. The first-order valence-electron chi connectivity index (χ1n) is 15.8. The molecule has 49 heavy (non-hydrogen) atoms. The highest BCUT2D eigenvalue weighted by molar-refractivity contribution is 9.12. The van der Waals surface area contributed by atoms with Crippen LogP contribution in [0.2, 0.25) is 0 Å². The summed E-state index contributed by atoms with van der Waals surface area (Å²) in [5.41, 5.74) is 11.7. The van der Waals surface area contributed by atoms with E-state index in [2.05, 4.69) is 70.0 Å². The number of ether oxygens (including phenoxy) is 1. The number of carbonyl (C=O) groups is 4. The van der Waals surface area contributed by atoms with E-state index in [4.69, 9.17) is 5.73 Å². The summed E-state index contributed by atoms with van der Waals surface area (Å²) in [7, 11) is 0. The maximum atomic E-state index is 12.8. The maximum Gasteiger partial charge on any atom is 0.346 e. The Hall–Kier alpha value is -4.56. The van der Waals surface area contributed by atoms with E-state index in [1.165, 1.54) is 16.0 Å². The van der Waals surface area contributed by atoms with E-state index in [0.29, 0.717) is 28.0 Å². The average Bonchev–Trinajstić information content (AvgIpc) is 3.56. The van der Waals surface area contributed by atoms with Gasteiger partial charge in [-0.2, -0.15) is 0 Å². The van der Waals surface area contributed by atoms with Crippen LogP contribution in [-0.2, 0) is 4.74 Å². The number of halogens is 2. The van der Waals surface area contributed by atoms with Crippen molar-refractivity contribution in [3.8, 4) is 0 Å². The number of hydrogen-bond acceptors (Lipinski definition) is 10. The molecule has 2 unspecified atom stereocenters. The van der Waals surface area contributed by atoms with Gasteiger partial charge in [0.15, 0.2) is 0 Å². The molecule has 2 aromatic rings. The second-order valence-electron chi connectivity index (χ2n) is 11.7. The third-order valence-corrected chi connectivity index (χ3v) is 9.46. The number of fused-ring (bicyclic) bond motifs is 2. The van der Waals surface area contributed by atoms with Crippen molar-refractivity contribution in [2.75, 3.05) is 26.2 Å². The number of nitrogens with zero attached hydrogens (tertiary/aromatic N) is 1. The first-order valence-corrected chi connectivity index (χ1v) is 17.4. The van der Waals surface area contributed by atoms with Crippen molar-refractivity contribution in [2.24, 2.45) is 5.73 Å². The van der Waals surface area contributed by atoms with E-state index >= 15 is 0 Å². The summed E-state index contributed by atoms with van der Waals surface area (Å²) < 4.78 is 6.16. The molecule has 11 nitrogen and oxygen atoms in total. The molecule has 2 aromatic carbocycles. The Balaban J connectivity index is 0.000000141. The number of amides is 2. The summed E-state index contributed by atoms with van der Waals surface area (Å²) in [5, 5.41) is 13.2. The van der Waals surface area contributed by atoms with Crippen molar-refractivity contribution < 1.29 is 23.9 Å². The molecule has 0 spiro atoms. The summed E-state index contributed by atoms with van der Waals surface area (Å²) in [6, 6.07) is 13.5. The fraction of sp³-hybridized carbons (Fsp3) is 0.222. The number of nitrogens with two attached hydrogens (primary N) is 1. The van der Waals surface area contributed by atoms with Crippen molar-refractivity contribution in [1.82, 2.24) is 26.2 Å². The lowest BCUT2D eigenvalue weighted by atomic mass is 9.95. The molecule has 252 valence electrons. The molecule has 0 radical (unpaired) electrons. The zero-order valence-electron chi connectivity index (χ0n) is 26.3. The molecule has 8 rings (SSSR count). The van der Waals surface area contributed by atoms with Gasteiger partial charge in [0.2, 0.25) is 0 Å². The molecule has 0 fully saturated rings. The molecule has 0 aliphatic carbocycles. The van der Waals surface area contributed by atoms with E-state index in [1.54, 1.807) is 48.5 Å². The zero-order valence-corrected chi connectivity index (χ0v) is 29.5. The fourth-order valence-electron chi connectivity index (χ4n) is 6.13. The largest absolute Gasteiger partial charge is 0.400 e. The Kier molecular flexibility index (Phi) is 10.7. The third kappa shape index (κ3) is 7.54. The minimum atomic E-state index is -0.550. The molecule has 2 amide bonds. The van der Waals surface area contributed by atoms with Crippen LogP contribution in [0.4, 0.5) is 0 Å². The lowest BCUT2D eigenvalue weighted by molar-refractivity contribution is 0.0442.